The van der Waals surface area contributed by atoms with Crippen LogP contribution in [0.15, 0.2) is 146 Å². The lowest BCUT2D eigenvalue weighted by molar-refractivity contribution is 0.892. The summed E-state index contributed by atoms with van der Waals surface area (Å²) in [5.74, 6) is 0.628. The van der Waals surface area contributed by atoms with Crippen LogP contribution in [0.1, 0.15) is 40.4 Å². The fourth-order valence-corrected chi connectivity index (χ4v) is 6.72. The van der Waals surface area contributed by atoms with Crippen LogP contribution in [0.3, 0.4) is 0 Å². The summed E-state index contributed by atoms with van der Waals surface area (Å²) in [4.78, 5) is 4.78. The number of hydrogen-bond donors (Lipinski definition) is 0. The Morgan fingerprint density at radius 3 is 1.71 bits per heavy atom. The number of nitrogens with zero attached hydrogens (tertiary/aromatic N) is 2. The molecule has 38 heavy (non-hydrogen) atoms. The highest BCUT2D eigenvalue weighted by atomic mass is 28.2. The first-order valence-corrected chi connectivity index (χ1v) is 15.7. The summed E-state index contributed by atoms with van der Waals surface area (Å²) < 4.78 is 2.41. The molecule has 0 radical (unpaired) electrons. The predicted molar refractivity (Wildman–Crippen MR) is 166 cm³/mol. The van der Waals surface area contributed by atoms with Gasteiger partial charge in [0.15, 0.2) is 0 Å². The van der Waals surface area contributed by atoms with Crippen LogP contribution >= 0.6 is 0 Å². The molecule has 0 fully saturated rings. The van der Waals surface area contributed by atoms with Crippen molar-refractivity contribution >= 4 is 22.5 Å². The van der Waals surface area contributed by atoms with Crippen molar-refractivity contribution in [2.45, 2.75) is 30.4 Å². The van der Waals surface area contributed by atoms with Crippen molar-refractivity contribution in [1.29, 1.82) is 0 Å². The lowest BCUT2D eigenvalue weighted by Gasteiger charge is -2.18. The van der Waals surface area contributed by atoms with E-state index in [4.69, 9.17) is 4.98 Å². The molecule has 4 heteroatoms. The molecular formula is C34H35BN2Si. The molecule has 0 aliphatic heterocycles. The summed E-state index contributed by atoms with van der Waals surface area (Å²) in [7, 11) is 0.684. The molecule has 0 N–H and O–H groups in total. The van der Waals surface area contributed by atoms with Crippen molar-refractivity contribution in [3.8, 4) is 0 Å². The van der Waals surface area contributed by atoms with Gasteiger partial charge in [-0.05, 0) is 34.5 Å². The second-order valence-electron chi connectivity index (χ2n) is 9.84. The summed E-state index contributed by atoms with van der Waals surface area (Å²) in [6, 6.07) is 44.6. The minimum atomic E-state index is -0.237. The van der Waals surface area contributed by atoms with Gasteiger partial charge in [-0.15, -0.1) is 0 Å². The molecule has 5 aromatic rings. The maximum absolute atomic E-state index is 4.78. The van der Waals surface area contributed by atoms with Crippen molar-refractivity contribution in [2.24, 2.45) is 0 Å². The van der Waals surface area contributed by atoms with Gasteiger partial charge in [0.1, 0.15) is 0 Å². The molecule has 0 saturated carbocycles. The molecule has 5 rings (SSSR count). The highest BCUT2D eigenvalue weighted by Gasteiger charge is 2.19. The van der Waals surface area contributed by atoms with Crippen LogP contribution in [0.5, 0.6) is 0 Å². The molecule has 188 valence electrons. The van der Waals surface area contributed by atoms with E-state index in [2.05, 4.69) is 144 Å². The van der Waals surface area contributed by atoms with Gasteiger partial charge < -0.3 is 4.57 Å². The molecule has 4 aromatic carbocycles. The van der Waals surface area contributed by atoms with E-state index in [0.29, 0.717) is 11.7 Å². The van der Waals surface area contributed by atoms with Crippen LogP contribution in [-0.4, -0.2) is 26.4 Å². The molecule has 0 aliphatic rings. The molecule has 0 atom stereocenters. The standard InChI is InChI=1S/C34H35BN2Si/c1-5-15-28(16-6-1)32(29-17-7-2-8-18-29)23-13-14-26-38-27-37-25-24-36-34(37)35-33(30-19-9-3-10-20-30)31-21-11-4-12-22-31/h1-13,15-25,32-33,35H,14,26-27,38H2. The summed E-state index contributed by atoms with van der Waals surface area (Å²) in [5.41, 5.74) is 6.59. The van der Waals surface area contributed by atoms with Crippen molar-refractivity contribution < 1.29 is 0 Å². The van der Waals surface area contributed by atoms with Gasteiger partial charge >= 0.3 is 0 Å². The first kappa shape index (κ1) is 25.7. The summed E-state index contributed by atoms with van der Waals surface area (Å²) in [5, 5.41) is 0. The quantitative estimate of drug-likeness (QED) is 0.113. The zero-order valence-corrected chi connectivity index (χ0v) is 23.4. The Labute approximate surface area is 230 Å². The van der Waals surface area contributed by atoms with Gasteiger partial charge in [-0.1, -0.05) is 140 Å². The molecule has 2 nitrogen and oxygen atoms in total. The molecule has 0 spiro atoms. The highest BCUT2D eigenvalue weighted by molar-refractivity contribution is 6.54. The van der Waals surface area contributed by atoms with Crippen molar-refractivity contribution in [3.05, 3.63) is 168 Å². The van der Waals surface area contributed by atoms with Gasteiger partial charge in [-0.3, -0.25) is 4.98 Å². The first-order chi connectivity index (χ1) is 18.9. The van der Waals surface area contributed by atoms with E-state index in [9.17, 15) is 0 Å². The Hall–Kier alpha value is -3.89. The zero-order valence-electron chi connectivity index (χ0n) is 21.9. The van der Waals surface area contributed by atoms with Crippen LogP contribution < -0.4 is 5.72 Å². The average Bonchev–Trinajstić information content (AvgIpc) is 3.44. The molecule has 0 amide bonds. The Morgan fingerprint density at radius 2 is 1.18 bits per heavy atom. The van der Waals surface area contributed by atoms with E-state index < -0.39 is 0 Å². The zero-order chi connectivity index (χ0) is 25.8. The second-order valence-corrected chi connectivity index (χ2v) is 11.7. The van der Waals surface area contributed by atoms with Crippen LogP contribution in [0.25, 0.3) is 0 Å². The topological polar surface area (TPSA) is 17.8 Å². The monoisotopic (exact) mass is 510 g/mol. The summed E-state index contributed by atoms with van der Waals surface area (Å²) >= 11 is 0. The number of rotatable bonds is 12. The van der Waals surface area contributed by atoms with E-state index in [-0.39, 0.29) is 9.52 Å². The molecular weight excluding hydrogens is 475 g/mol. The van der Waals surface area contributed by atoms with Crippen molar-refractivity contribution in [2.75, 3.05) is 0 Å². The summed E-state index contributed by atoms with van der Waals surface area (Å²) in [6.07, 6.45) is 11.2. The Balaban J connectivity index is 1.19. The van der Waals surface area contributed by atoms with E-state index in [1.807, 2.05) is 6.20 Å². The molecule has 0 bridgehead atoms. The van der Waals surface area contributed by atoms with Gasteiger partial charge in [-0.25, -0.2) is 0 Å². The largest absolute Gasteiger partial charge is 0.347 e. The number of benzene rings is 4. The molecule has 1 aromatic heterocycles. The molecule has 0 unspecified atom stereocenters. The summed E-state index contributed by atoms with van der Waals surface area (Å²) in [6.45, 7) is 0. The number of hydrogen-bond acceptors (Lipinski definition) is 1. The van der Waals surface area contributed by atoms with Gasteiger partial charge in [0, 0.05) is 34.0 Å². The third-order valence-corrected chi connectivity index (χ3v) is 8.96. The van der Waals surface area contributed by atoms with Crippen LogP contribution in [0.2, 0.25) is 6.04 Å². The van der Waals surface area contributed by atoms with Gasteiger partial charge in [0.05, 0.1) is 5.72 Å². The van der Waals surface area contributed by atoms with Crippen LogP contribution in [0.4, 0.5) is 0 Å². The normalized spacial score (nSPS) is 11.7. The van der Waals surface area contributed by atoms with Gasteiger partial charge in [0.2, 0.25) is 7.28 Å². The third kappa shape index (κ3) is 6.90. The minimum Gasteiger partial charge on any atom is -0.347 e. The van der Waals surface area contributed by atoms with Gasteiger partial charge in [-0.2, -0.15) is 0 Å². The van der Waals surface area contributed by atoms with Crippen LogP contribution in [-0.2, 0) is 6.17 Å². The number of allylic oxidation sites excluding steroid dienone is 2. The van der Waals surface area contributed by atoms with E-state index >= 15 is 0 Å². The Morgan fingerprint density at radius 1 is 0.684 bits per heavy atom. The lowest BCUT2D eigenvalue weighted by atomic mass is 9.58. The number of aromatic nitrogens is 2. The van der Waals surface area contributed by atoms with E-state index in [1.54, 1.807) is 0 Å². The van der Waals surface area contributed by atoms with Crippen molar-refractivity contribution in [1.82, 2.24) is 9.55 Å². The smallest absolute Gasteiger partial charge is 0.217 e. The highest BCUT2D eigenvalue weighted by Crippen LogP contribution is 2.26. The lowest BCUT2D eigenvalue weighted by Crippen LogP contribution is -2.32. The van der Waals surface area contributed by atoms with Crippen LogP contribution in [0, 0.1) is 0 Å². The van der Waals surface area contributed by atoms with Gasteiger partial charge in [0.25, 0.3) is 0 Å². The minimum absolute atomic E-state index is 0.237. The van der Waals surface area contributed by atoms with E-state index in [0.717, 1.165) is 19.9 Å². The number of imidazole rings is 1. The molecule has 0 saturated heterocycles. The maximum Gasteiger partial charge on any atom is 0.217 e. The third-order valence-electron chi connectivity index (χ3n) is 7.26. The SMILES string of the molecule is B(c1nccn1C[SiH2]CCC=CC(c1ccccc1)c1ccccc1)C(c1ccccc1)c1ccccc1. The van der Waals surface area contributed by atoms with E-state index in [1.165, 1.54) is 34.0 Å². The Bertz CT molecular complexity index is 1310. The first-order valence-electron chi connectivity index (χ1n) is 13.7. The fraction of sp³-hybridized carbons (Fsp3) is 0.147. The van der Waals surface area contributed by atoms with Crippen molar-refractivity contribution in [3.63, 3.8) is 0 Å². The molecule has 0 aliphatic carbocycles. The predicted octanol–water partition coefficient (Wildman–Crippen LogP) is 6.06. The average molecular weight is 511 g/mol. The fourth-order valence-electron chi connectivity index (χ4n) is 5.23. The second kappa shape index (κ2) is 13.6. The molecule has 1 heterocycles. The maximum atomic E-state index is 4.78. The Kier molecular flexibility index (Phi) is 9.21.